The van der Waals surface area contributed by atoms with Crippen molar-refractivity contribution in [3.8, 4) is 0 Å². The summed E-state index contributed by atoms with van der Waals surface area (Å²) in [5, 5.41) is 32.3. The van der Waals surface area contributed by atoms with E-state index >= 15 is 0 Å². The van der Waals surface area contributed by atoms with Crippen LogP contribution < -0.4 is 5.32 Å². The molecule has 5 atom stereocenters. The third-order valence-electron chi connectivity index (χ3n) is 2.70. The first-order chi connectivity index (χ1) is 7.67. The molecule has 0 aromatic heterocycles. The Morgan fingerprint density at radius 2 is 2.19 bits per heavy atom. The Labute approximate surface area is 97.7 Å². The van der Waals surface area contributed by atoms with Gasteiger partial charge in [0.05, 0.1) is 12.6 Å². The highest BCUT2D eigenvalue weighted by Gasteiger charge is 2.48. The molecule has 4 N–H and O–H groups in total. The van der Waals surface area contributed by atoms with Crippen LogP contribution in [-0.4, -0.2) is 63.4 Å². The predicted octanol–water partition coefficient (Wildman–Crippen LogP) is -1.49. The van der Waals surface area contributed by atoms with E-state index in [1.807, 2.05) is 6.92 Å². The molecular weight excluding hydrogens is 232 g/mol. The number of rotatable bonds is 2. The number of thioether (sulfide) groups is 1. The molecule has 0 radical (unpaired) electrons. The van der Waals surface area contributed by atoms with E-state index < -0.39 is 18.3 Å². The van der Waals surface area contributed by atoms with E-state index in [1.54, 1.807) is 0 Å². The van der Waals surface area contributed by atoms with Gasteiger partial charge in [-0.25, -0.2) is 0 Å². The maximum Gasteiger partial charge on any atom is 0.159 e. The molecule has 2 saturated heterocycles. The first-order valence-corrected chi connectivity index (χ1v) is 6.15. The Hall–Kier alpha value is -0.340. The van der Waals surface area contributed by atoms with Crippen LogP contribution in [0.3, 0.4) is 0 Å². The summed E-state index contributed by atoms with van der Waals surface area (Å²) >= 11 is 1.38. The van der Waals surface area contributed by atoms with E-state index in [2.05, 4.69) is 10.3 Å². The van der Waals surface area contributed by atoms with Crippen LogP contribution in [0.1, 0.15) is 6.92 Å². The van der Waals surface area contributed by atoms with Gasteiger partial charge in [-0.05, 0) is 6.92 Å². The summed E-state index contributed by atoms with van der Waals surface area (Å²) in [7, 11) is 0. The van der Waals surface area contributed by atoms with Gasteiger partial charge in [0.25, 0.3) is 0 Å². The van der Waals surface area contributed by atoms with Gasteiger partial charge in [0.15, 0.2) is 5.17 Å². The van der Waals surface area contributed by atoms with Crippen molar-refractivity contribution in [1.82, 2.24) is 5.32 Å². The summed E-state index contributed by atoms with van der Waals surface area (Å²) in [4.78, 5) is 4.19. The van der Waals surface area contributed by atoms with Crippen LogP contribution in [0, 0.1) is 0 Å². The van der Waals surface area contributed by atoms with Crippen molar-refractivity contribution in [3.63, 3.8) is 0 Å². The predicted molar refractivity (Wildman–Crippen MR) is 60.3 cm³/mol. The molecule has 0 aromatic carbocycles. The Balaban J connectivity index is 2.10. The minimum absolute atomic E-state index is 0.303. The van der Waals surface area contributed by atoms with Gasteiger partial charge in [0.2, 0.25) is 0 Å². The second kappa shape index (κ2) is 4.89. The summed E-state index contributed by atoms with van der Waals surface area (Å²) in [5.41, 5.74) is -0.305. The van der Waals surface area contributed by atoms with Gasteiger partial charge in [-0.3, -0.25) is 4.99 Å². The van der Waals surface area contributed by atoms with Crippen molar-refractivity contribution in [2.75, 3.05) is 13.2 Å². The van der Waals surface area contributed by atoms with E-state index in [1.165, 1.54) is 11.8 Å². The van der Waals surface area contributed by atoms with E-state index in [4.69, 9.17) is 9.84 Å². The Bertz CT molecular complexity index is 289. The molecule has 0 unspecified atom stereocenters. The minimum atomic E-state index is -1.07. The average Bonchev–Trinajstić information content (AvgIpc) is 2.67. The maximum atomic E-state index is 9.86. The van der Waals surface area contributed by atoms with Crippen LogP contribution in [0.15, 0.2) is 4.99 Å². The van der Waals surface area contributed by atoms with Crippen molar-refractivity contribution in [1.29, 1.82) is 0 Å². The van der Waals surface area contributed by atoms with Crippen LogP contribution in [0.2, 0.25) is 0 Å². The number of aliphatic imine (C=N–C) groups is 1. The lowest BCUT2D eigenvalue weighted by atomic mass is 9.98. The van der Waals surface area contributed by atoms with E-state index in [-0.39, 0.29) is 18.1 Å². The maximum absolute atomic E-state index is 9.86. The highest BCUT2D eigenvalue weighted by Crippen LogP contribution is 2.33. The molecule has 92 valence electrons. The molecule has 0 amide bonds. The fourth-order valence-corrected chi connectivity index (χ4v) is 3.05. The van der Waals surface area contributed by atoms with Gasteiger partial charge in [-0.15, -0.1) is 0 Å². The van der Waals surface area contributed by atoms with Gasteiger partial charge in [-0.1, -0.05) is 11.8 Å². The second-order valence-corrected chi connectivity index (χ2v) is 4.86. The van der Waals surface area contributed by atoms with Crippen molar-refractivity contribution >= 4 is 16.9 Å². The molecule has 0 bridgehead atoms. The zero-order valence-electron chi connectivity index (χ0n) is 8.91. The molecule has 0 spiro atoms. The van der Waals surface area contributed by atoms with Crippen LogP contribution >= 0.6 is 11.8 Å². The Kier molecular flexibility index (Phi) is 3.70. The number of ether oxygens (including phenoxy) is 1. The topological polar surface area (TPSA) is 94.3 Å². The molecule has 2 heterocycles. The molecule has 0 aliphatic carbocycles. The molecule has 6 nitrogen and oxygen atoms in total. The van der Waals surface area contributed by atoms with Gasteiger partial charge < -0.3 is 25.4 Å². The minimum Gasteiger partial charge on any atom is -0.394 e. The quantitative estimate of drug-likeness (QED) is 0.475. The first kappa shape index (κ1) is 12.1. The molecule has 0 aromatic rings. The Morgan fingerprint density at radius 3 is 2.81 bits per heavy atom. The summed E-state index contributed by atoms with van der Waals surface area (Å²) in [6.45, 7) is 2.26. The highest BCUT2D eigenvalue weighted by atomic mass is 32.2. The molecule has 7 heteroatoms. The fourth-order valence-electron chi connectivity index (χ4n) is 1.85. The number of aliphatic hydroxyl groups excluding tert-OH is 3. The van der Waals surface area contributed by atoms with Crippen molar-refractivity contribution in [3.05, 3.63) is 0 Å². The lowest BCUT2D eigenvalue weighted by Gasteiger charge is -2.38. The largest absolute Gasteiger partial charge is 0.394 e. The normalized spacial score (nSPS) is 45.5. The third kappa shape index (κ3) is 2.05. The summed E-state index contributed by atoms with van der Waals surface area (Å²) in [5.74, 6) is 0. The number of nitrogens with one attached hydrogen (secondary N) is 1. The van der Waals surface area contributed by atoms with E-state index in [0.717, 1.165) is 0 Å². The van der Waals surface area contributed by atoms with Gasteiger partial charge >= 0.3 is 0 Å². The van der Waals surface area contributed by atoms with Crippen LogP contribution in [0.25, 0.3) is 0 Å². The number of hydrogen-bond donors (Lipinski definition) is 4. The number of aliphatic hydroxyl groups is 3. The number of nitrogens with zero attached hydrogens (tertiary/aromatic N) is 1. The standard InChI is InChI=1S/C9H16N2O4S/c1-2-10-9-11-5-7(14)6(13)4(3-12)15-8(5)16-9/h4-8,12-14H,2-3H2,1H3,(H,10,11)/t4-,5+,6-,7-,8+/m1/s1. The number of hydrogen-bond acceptors (Lipinski definition) is 6. The lowest BCUT2D eigenvalue weighted by Crippen LogP contribution is -2.59. The molecule has 2 aliphatic rings. The summed E-state index contributed by atoms with van der Waals surface area (Å²) in [6, 6.07) is -0.368. The van der Waals surface area contributed by atoms with Crippen LogP contribution in [0.4, 0.5) is 0 Å². The van der Waals surface area contributed by atoms with Gasteiger partial charge in [0.1, 0.15) is 23.7 Å². The average molecular weight is 248 g/mol. The molecule has 0 saturated carbocycles. The SMILES string of the molecule is CCN=C1N[C@H]2[C@@H](O)[C@H](O)[C@@H](CO)O[C@H]2S1. The smallest absolute Gasteiger partial charge is 0.159 e. The van der Waals surface area contributed by atoms with Crippen LogP contribution in [-0.2, 0) is 4.74 Å². The second-order valence-electron chi connectivity index (χ2n) is 3.77. The van der Waals surface area contributed by atoms with Crippen molar-refractivity contribution in [2.24, 2.45) is 4.99 Å². The third-order valence-corrected chi connectivity index (χ3v) is 3.81. The van der Waals surface area contributed by atoms with Crippen molar-refractivity contribution < 1.29 is 20.1 Å². The highest BCUT2D eigenvalue weighted by molar-refractivity contribution is 8.14. The molecule has 2 aliphatic heterocycles. The Morgan fingerprint density at radius 1 is 1.44 bits per heavy atom. The molecule has 2 rings (SSSR count). The molecular formula is C9H16N2O4S. The molecule has 16 heavy (non-hydrogen) atoms. The van der Waals surface area contributed by atoms with Gasteiger partial charge in [-0.2, -0.15) is 0 Å². The zero-order valence-corrected chi connectivity index (χ0v) is 9.72. The van der Waals surface area contributed by atoms with E-state index in [0.29, 0.717) is 11.7 Å². The summed E-state index contributed by atoms with van der Waals surface area (Å²) < 4.78 is 5.48. The fraction of sp³-hybridized carbons (Fsp3) is 0.889. The number of fused-ring (bicyclic) bond motifs is 1. The molecule has 2 fully saturated rings. The zero-order chi connectivity index (χ0) is 11.7. The monoisotopic (exact) mass is 248 g/mol. The van der Waals surface area contributed by atoms with Crippen LogP contribution in [0.5, 0.6) is 0 Å². The number of amidine groups is 1. The van der Waals surface area contributed by atoms with E-state index in [9.17, 15) is 10.2 Å². The van der Waals surface area contributed by atoms with Crippen molar-refractivity contribution in [2.45, 2.75) is 36.7 Å². The van der Waals surface area contributed by atoms with Gasteiger partial charge in [0, 0.05) is 6.54 Å². The summed E-state index contributed by atoms with van der Waals surface area (Å²) in [6.07, 6.45) is -2.75. The lowest BCUT2D eigenvalue weighted by molar-refractivity contribution is -0.167. The first-order valence-electron chi connectivity index (χ1n) is 5.27.